The van der Waals surface area contributed by atoms with Gasteiger partial charge in [-0.3, -0.25) is 4.68 Å². The molecule has 5 aromatic rings. The van der Waals surface area contributed by atoms with E-state index in [0.717, 1.165) is 9.54 Å². The number of ether oxygens (including phenoxy) is 1. The van der Waals surface area contributed by atoms with Crippen LogP contribution in [0.4, 0.5) is 11.6 Å². The Morgan fingerprint density at radius 1 is 1.03 bits per heavy atom. The number of hydrogen-bond donors (Lipinski definition) is 1. The third-order valence-corrected chi connectivity index (χ3v) is 7.33. The van der Waals surface area contributed by atoms with E-state index < -0.39 is 10.0 Å². The summed E-state index contributed by atoms with van der Waals surface area (Å²) in [5.74, 6) is 0.677. The fraction of sp³-hybridized carbons (Fsp3) is 0.130. The number of anilines is 2. The van der Waals surface area contributed by atoms with Crippen LogP contribution in [0, 0.1) is 6.92 Å². The van der Waals surface area contributed by atoms with Gasteiger partial charge in [0.05, 0.1) is 23.9 Å². The average molecular weight is 510 g/mol. The maximum Gasteiger partial charge on any atom is 0.268 e. The summed E-state index contributed by atoms with van der Waals surface area (Å²) >= 11 is 6.39. The van der Waals surface area contributed by atoms with Gasteiger partial charge in [-0.05, 0) is 31.2 Å². The number of aryl methyl sites for hydroxylation is 2. The summed E-state index contributed by atoms with van der Waals surface area (Å²) in [6, 6.07) is 10.0. The lowest BCUT2D eigenvalue weighted by atomic mass is 10.1. The predicted octanol–water partition coefficient (Wildman–Crippen LogP) is 4.18. The molecule has 4 heterocycles. The Labute approximate surface area is 206 Å². The van der Waals surface area contributed by atoms with Crippen LogP contribution in [0.2, 0.25) is 5.15 Å². The molecular weight excluding hydrogens is 490 g/mol. The molecule has 10 nitrogen and oxygen atoms in total. The molecule has 1 aromatic carbocycles. The minimum atomic E-state index is -3.95. The van der Waals surface area contributed by atoms with Crippen LogP contribution in [0.3, 0.4) is 0 Å². The Morgan fingerprint density at radius 3 is 2.51 bits per heavy atom. The molecule has 1 N–H and O–H groups in total. The standard InChI is InChI=1S/C23H20ClN7O3S/c1-14-4-6-15(7-5-14)35(32,33)31-12-17(16-8-10-25-21(24)20(16)31)18-9-11-26-23(27-18)28-19-13-30(2)29-22(19)34-3/h4-13H,1-3H3,(H,26,27,28). The van der Waals surface area contributed by atoms with Gasteiger partial charge in [-0.15, -0.1) is 5.10 Å². The largest absolute Gasteiger partial charge is 0.478 e. The second kappa shape index (κ2) is 8.67. The van der Waals surface area contributed by atoms with Crippen molar-refractivity contribution in [2.45, 2.75) is 11.8 Å². The van der Waals surface area contributed by atoms with Gasteiger partial charge >= 0.3 is 0 Å². The summed E-state index contributed by atoms with van der Waals surface area (Å²) in [5, 5.41) is 7.95. The van der Waals surface area contributed by atoms with Gasteiger partial charge in [0.15, 0.2) is 5.15 Å². The predicted molar refractivity (Wildman–Crippen MR) is 133 cm³/mol. The average Bonchev–Trinajstić information content (AvgIpc) is 3.41. The quantitative estimate of drug-likeness (QED) is 0.339. The molecule has 0 saturated heterocycles. The van der Waals surface area contributed by atoms with E-state index in [1.165, 1.54) is 19.5 Å². The Kier molecular flexibility index (Phi) is 5.65. The number of rotatable bonds is 6. The van der Waals surface area contributed by atoms with Gasteiger partial charge in [0.1, 0.15) is 11.2 Å². The lowest BCUT2D eigenvalue weighted by Gasteiger charge is -2.08. The van der Waals surface area contributed by atoms with Gasteiger partial charge in [0.2, 0.25) is 5.95 Å². The zero-order valence-corrected chi connectivity index (χ0v) is 20.5. The van der Waals surface area contributed by atoms with Crippen molar-refractivity contribution in [2.24, 2.45) is 7.05 Å². The zero-order chi connectivity index (χ0) is 24.7. The number of fused-ring (bicyclic) bond motifs is 1. The van der Waals surface area contributed by atoms with Crippen molar-refractivity contribution in [1.29, 1.82) is 0 Å². The molecule has 0 bridgehead atoms. The Morgan fingerprint density at radius 2 is 1.77 bits per heavy atom. The smallest absolute Gasteiger partial charge is 0.268 e. The van der Waals surface area contributed by atoms with Gasteiger partial charge in [-0.25, -0.2) is 27.3 Å². The molecule has 0 radical (unpaired) electrons. The summed E-state index contributed by atoms with van der Waals surface area (Å²) in [5.41, 5.74) is 2.86. The Hall–Kier alpha value is -3.96. The molecule has 0 atom stereocenters. The van der Waals surface area contributed by atoms with E-state index in [-0.39, 0.29) is 21.5 Å². The molecule has 0 aliphatic rings. The molecule has 35 heavy (non-hydrogen) atoms. The van der Waals surface area contributed by atoms with E-state index in [2.05, 4.69) is 25.4 Å². The van der Waals surface area contributed by atoms with Crippen molar-refractivity contribution >= 4 is 44.2 Å². The summed E-state index contributed by atoms with van der Waals surface area (Å²) in [6.45, 7) is 1.89. The van der Waals surface area contributed by atoms with Crippen LogP contribution in [0.5, 0.6) is 5.88 Å². The molecular formula is C23H20ClN7O3S. The second-order valence-electron chi connectivity index (χ2n) is 7.77. The first-order chi connectivity index (χ1) is 16.8. The maximum absolute atomic E-state index is 13.5. The van der Waals surface area contributed by atoms with Crippen LogP contribution in [0.25, 0.3) is 22.2 Å². The molecule has 0 saturated carbocycles. The highest BCUT2D eigenvalue weighted by Crippen LogP contribution is 2.35. The van der Waals surface area contributed by atoms with Crippen LogP contribution in [-0.4, -0.2) is 44.2 Å². The van der Waals surface area contributed by atoms with Gasteiger partial charge in [0.25, 0.3) is 15.9 Å². The Bertz CT molecular complexity index is 1660. The minimum Gasteiger partial charge on any atom is -0.478 e. The van der Waals surface area contributed by atoms with Crippen LogP contribution < -0.4 is 10.1 Å². The number of nitrogens with zero attached hydrogens (tertiary/aromatic N) is 6. The molecule has 5 rings (SSSR count). The van der Waals surface area contributed by atoms with E-state index in [1.807, 2.05) is 6.92 Å². The van der Waals surface area contributed by atoms with Crippen LogP contribution in [0.1, 0.15) is 5.56 Å². The first kappa shape index (κ1) is 22.8. The summed E-state index contributed by atoms with van der Waals surface area (Å²) < 4.78 is 35.1. The van der Waals surface area contributed by atoms with E-state index in [9.17, 15) is 8.42 Å². The fourth-order valence-corrected chi connectivity index (χ4v) is 5.39. The number of benzene rings is 1. The Balaban J connectivity index is 1.64. The molecule has 0 spiro atoms. The zero-order valence-electron chi connectivity index (χ0n) is 19.0. The van der Waals surface area contributed by atoms with E-state index in [0.29, 0.717) is 28.2 Å². The van der Waals surface area contributed by atoms with Gasteiger partial charge in [0, 0.05) is 36.6 Å². The topological polar surface area (TPSA) is 117 Å². The summed E-state index contributed by atoms with van der Waals surface area (Å²) in [7, 11) is -0.662. The van der Waals surface area contributed by atoms with Gasteiger partial charge < -0.3 is 10.1 Å². The third-order valence-electron chi connectivity index (χ3n) is 5.38. The van der Waals surface area contributed by atoms with Crippen molar-refractivity contribution in [2.75, 3.05) is 12.4 Å². The SMILES string of the molecule is COc1nn(C)cc1Nc1nccc(-c2cn(S(=O)(=O)c3ccc(C)cc3)c3c(Cl)nccc23)n1. The second-order valence-corrected chi connectivity index (χ2v) is 9.94. The molecule has 0 amide bonds. The maximum atomic E-state index is 13.5. The molecule has 4 aromatic heterocycles. The van der Waals surface area contributed by atoms with Gasteiger partial charge in [-0.2, -0.15) is 0 Å². The first-order valence-electron chi connectivity index (χ1n) is 10.4. The van der Waals surface area contributed by atoms with Crippen molar-refractivity contribution in [3.05, 3.63) is 71.9 Å². The van der Waals surface area contributed by atoms with Crippen LogP contribution in [0.15, 0.2) is 66.1 Å². The molecule has 178 valence electrons. The summed E-state index contributed by atoms with van der Waals surface area (Å²) in [4.78, 5) is 13.1. The van der Waals surface area contributed by atoms with Crippen molar-refractivity contribution in [1.82, 2.24) is 28.7 Å². The highest BCUT2D eigenvalue weighted by molar-refractivity contribution is 7.90. The van der Waals surface area contributed by atoms with Crippen molar-refractivity contribution in [3.63, 3.8) is 0 Å². The fourth-order valence-electron chi connectivity index (χ4n) is 3.72. The molecule has 0 fully saturated rings. The molecule has 0 aliphatic carbocycles. The van der Waals surface area contributed by atoms with Crippen LogP contribution >= 0.6 is 11.6 Å². The molecule has 0 aliphatic heterocycles. The highest BCUT2D eigenvalue weighted by Gasteiger charge is 2.24. The summed E-state index contributed by atoms with van der Waals surface area (Å²) in [6.07, 6.45) is 6.34. The molecule has 12 heteroatoms. The third kappa shape index (κ3) is 4.08. The minimum absolute atomic E-state index is 0.0666. The number of hydrogen-bond acceptors (Lipinski definition) is 8. The monoisotopic (exact) mass is 509 g/mol. The van der Waals surface area contributed by atoms with E-state index in [4.69, 9.17) is 16.3 Å². The number of methoxy groups -OCH3 is 1. The van der Waals surface area contributed by atoms with Crippen molar-refractivity contribution < 1.29 is 13.2 Å². The first-order valence-corrected chi connectivity index (χ1v) is 12.3. The number of halogens is 1. The normalized spacial score (nSPS) is 11.7. The lowest BCUT2D eigenvalue weighted by Crippen LogP contribution is -2.12. The van der Waals surface area contributed by atoms with Gasteiger partial charge in [-0.1, -0.05) is 29.3 Å². The highest BCUT2D eigenvalue weighted by atomic mass is 35.5. The number of aromatic nitrogens is 6. The van der Waals surface area contributed by atoms with Crippen molar-refractivity contribution in [3.8, 4) is 17.1 Å². The number of nitrogens with one attached hydrogen (secondary N) is 1. The van der Waals surface area contributed by atoms with E-state index in [1.54, 1.807) is 60.5 Å². The number of pyridine rings is 1. The lowest BCUT2D eigenvalue weighted by molar-refractivity contribution is 0.393. The van der Waals surface area contributed by atoms with E-state index >= 15 is 0 Å². The van der Waals surface area contributed by atoms with Crippen LogP contribution in [-0.2, 0) is 17.1 Å². The molecule has 0 unspecified atom stereocenters.